The van der Waals surface area contributed by atoms with Crippen molar-refractivity contribution in [3.05, 3.63) is 11.4 Å². The Morgan fingerprint density at radius 1 is 1.64 bits per heavy atom. The van der Waals surface area contributed by atoms with E-state index in [-0.39, 0.29) is 12.5 Å². The third-order valence-electron chi connectivity index (χ3n) is 1.34. The molecule has 0 aromatic rings. The summed E-state index contributed by atoms with van der Waals surface area (Å²) < 4.78 is 0. The largest absolute Gasteiger partial charge is 0.481 e. The summed E-state index contributed by atoms with van der Waals surface area (Å²) in [6, 6.07) is -0.340. The van der Waals surface area contributed by atoms with E-state index in [0.717, 1.165) is 0 Å². The van der Waals surface area contributed by atoms with Crippen LogP contribution in [-0.2, 0) is 4.79 Å². The second-order valence-electron chi connectivity index (χ2n) is 3.01. The molecule has 0 saturated heterocycles. The summed E-state index contributed by atoms with van der Waals surface area (Å²) in [4.78, 5) is 13.4. The molecule has 0 rings (SSSR count). The molecule has 3 nitrogen and oxygen atoms in total. The van der Waals surface area contributed by atoms with Crippen LogP contribution in [0.15, 0.2) is 0 Å². The van der Waals surface area contributed by atoms with Gasteiger partial charge in [-0.2, -0.15) is 0 Å². The van der Waals surface area contributed by atoms with Crippen molar-refractivity contribution in [1.29, 1.82) is 0 Å². The standard InChI is InChI=1S/C8H13NO2/c1-6(2)4-7(9-3)5-8(10)11/h6-7H,4-5H2,1-2H3,(H,10,11)/t7-/m1/s1. The Bertz CT molecular complexity index is 169. The van der Waals surface area contributed by atoms with Gasteiger partial charge in [0.2, 0.25) is 6.04 Å². The molecule has 0 aliphatic rings. The highest BCUT2D eigenvalue weighted by atomic mass is 16.4. The molecule has 1 atom stereocenters. The summed E-state index contributed by atoms with van der Waals surface area (Å²) in [5.41, 5.74) is 0. The van der Waals surface area contributed by atoms with Crippen LogP contribution < -0.4 is 0 Å². The van der Waals surface area contributed by atoms with Crippen LogP contribution in [0.4, 0.5) is 0 Å². The van der Waals surface area contributed by atoms with E-state index >= 15 is 0 Å². The van der Waals surface area contributed by atoms with Crippen molar-refractivity contribution >= 4 is 5.97 Å². The van der Waals surface area contributed by atoms with Gasteiger partial charge in [-0.25, -0.2) is 6.57 Å². The minimum Gasteiger partial charge on any atom is -0.481 e. The van der Waals surface area contributed by atoms with E-state index in [4.69, 9.17) is 11.7 Å². The molecule has 0 fully saturated rings. The quantitative estimate of drug-likeness (QED) is 0.629. The molecule has 1 N–H and O–H groups in total. The molecular weight excluding hydrogens is 142 g/mol. The maximum absolute atomic E-state index is 10.2. The zero-order valence-corrected chi connectivity index (χ0v) is 6.87. The van der Waals surface area contributed by atoms with Gasteiger partial charge in [0.25, 0.3) is 0 Å². The highest BCUT2D eigenvalue weighted by Crippen LogP contribution is 2.11. The molecule has 0 unspecified atom stereocenters. The van der Waals surface area contributed by atoms with Crippen LogP contribution in [0, 0.1) is 12.5 Å². The summed E-state index contributed by atoms with van der Waals surface area (Å²) in [5.74, 6) is -0.486. The van der Waals surface area contributed by atoms with Crippen LogP contribution in [0.5, 0.6) is 0 Å². The highest BCUT2D eigenvalue weighted by Gasteiger charge is 2.18. The molecule has 0 saturated carbocycles. The number of rotatable bonds is 4. The lowest BCUT2D eigenvalue weighted by atomic mass is 10.0. The van der Waals surface area contributed by atoms with E-state index in [1.165, 1.54) is 0 Å². The summed E-state index contributed by atoms with van der Waals surface area (Å²) in [7, 11) is 0. The van der Waals surface area contributed by atoms with E-state index in [2.05, 4.69) is 4.85 Å². The van der Waals surface area contributed by atoms with Gasteiger partial charge in [-0.15, -0.1) is 0 Å². The molecule has 0 amide bonds. The van der Waals surface area contributed by atoms with Gasteiger partial charge in [0.05, 0.1) is 0 Å². The smallest absolute Gasteiger partial charge is 0.311 e. The second-order valence-corrected chi connectivity index (χ2v) is 3.01. The lowest BCUT2D eigenvalue weighted by Crippen LogP contribution is -2.11. The Labute approximate surface area is 66.9 Å². The first-order valence-electron chi connectivity index (χ1n) is 3.64. The minimum absolute atomic E-state index is 0.0261. The van der Waals surface area contributed by atoms with Crippen LogP contribution in [0.25, 0.3) is 4.85 Å². The lowest BCUT2D eigenvalue weighted by Gasteiger charge is -2.04. The third-order valence-corrected chi connectivity index (χ3v) is 1.34. The number of nitrogens with zero attached hydrogens (tertiary/aromatic N) is 1. The third kappa shape index (κ3) is 5.41. The fourth-order valence-corrected chi connectivity index (χ4v) is 0.927. The van der Waals surface area contributed by atoms with Gasteiger partial charge in [-0.3, -0.25) is 4.79 Å². The van der Waals surface area contributed by atoms with E-state index in [1.54, 1.807) is 0 Å². The van der Waals surface area contributed by atoms with Gasteiger partial charge in [0, 0.05) is 6.42 Å². The van der Waals surface area contributed by atoms with Crippen LogP contribution in [0.1, 0.15) is 26.7 Å². The van der Waals surface area contributed by atoms with Crippen molar-refractivity contribution in [1.82, 2.24) is 0 Å². The van der Waals surface area contributed by atoms with Gasteiger partial charge >= 0.3 is 5.97 Å². The monoisotopic (exact) mass is 155 g/mol. The lowest BCUT2D eigenvalue weighted by molar-refractivity contribution is -0.137. The minimum atomic E-state index is -0.883. The fraction of sp³-hybridized carbons (Fsp3) is 0.750. The number of aliphatic carboxylic acids is 1. The maximum Gasteiger partial charge on any atom is 0.311 e. The summed E-state index contributed by atoms with van der Waals surface area (Å²) >= 11 is 0. The van der Waals surface area contributed by atoms with Gasteiger partial charge < -0.3 is 9.95 Å². The van der Waals surface area contributed by atoms with Crippen molar-refractivity contribution in [2.45, 2.75) is 32.7 Å². The van der Waals surface area contributed by atoms with E-state index in [1.807, 2.05) is 13.8 Å². The Morgan fingerprint density at radius 3 is 2.45 bits per heavy atom. The van der Waals surface area contributed by atoms with Crippen LogP contribution in [0.3, 0.4) is 0 Å². The molecule has 0 spiro atoms. The molecule has 62 valence electrons. The second kappa shape index (κ2) is 4.73. The van der Waals surface area contributed by atoms with Crippen molar-refractivity contribution < 1.29 is 9.90 Å². The molecule has 11 heavy (non-hydrogen) atoms. The first-order chi connectivity index (χ1) is 5.06. The predicted octanol–water partition coefficient (Wildman–Crippen LogP) is 1.80. The summed E-state index contributed by atoms with van der Waals surface area (Å²) in [6.45, 7) is 10.7. The first kappa shape index (κ1) is 9.96. The van der Waals surface area contributed by atoms with Gasteiger partial charge in [-0.05, 0) is 5.92 Å². The topological polar surface area (TPSA) is 41.7 Å². The van der Waals surface area contributed by atoms with Crippen molar-refractivity contribution in [2.75, 3.05) is 0 Å². The molecular formula is C8H13NO2. The predicted molar refractivity (Wildman–Crippen MR) is 42.1 cm³/mol. The van der Waals surface area contributed by atoms with E-state index in [9.17, 15) is 4.79 Å². The molecule has 3 heteroatoms. The summed E-state index contributed by atoms with van der Waals surface area (Å²) in [5, 5.41) is 8.38. The normalized spacial score (nSPS) is 12.5. The Kier molecular flexibility index (Phi) is 4.28. The fourth-order valence-electron chi connectivity index (χ4n) is 0.927. The average Bonchev–Trinajstić information content (AvgIpc) is 1.84. The number of carboxylic acid groups (broad SMARTS) is 1. The molecule has 0 bridgehead atoms. The molecule has 0 aromatic carbocycles. The molecule has 0 aliphatic heterocycles. The van der Waals surface area contributed by atoms with Crippen LogP contribution in [-0.4, -0.2) is 17.1 Å². The van der Waals surface area contributed by atoms with Crippen LogP contribution >= 0.6 is 0 Å². The molecule has 0 heterocycles. The molecule has 0 aromatic heterocycles. The van der Waals surface area contributed by atoms with Crippen molar-refractivity contribution in [3.63, 3.8) is 0 Å². The van der Waals surface area contributed by atoms with E-state index in [0.29, 0.717) is 12.3 Å². The number of hydrogen-bond donors (Lipinski definition) is 1. The van der Waals surface area contributed by atoms with Crippen molar-refractivity contribution in [2.24, 2.45) is 5.92 Å². The zero-order chi connectivity index (χ0) is 8.85. The highest BCUT2D eigenvalue weighted by molar-refractivity contribution is 5.67. The van der Waals surface area contributed by atoms with Gasteiger partial charge in [-0.1, -0.05) is 13.8 Å². The zero-order valence-electron chi connectivity index (χ0n) is 6.87. The summed E-state index contributed by atoms with van der Waals surface area (Å²) in [6.07, 6.45) is 0.650. The van der Waals surface area contributed by atoms with Gasteiger partial charge in [0.15, 0.2) is 0 Å². The number of carboxylic acids is 1. The van der Waals surface area contributed by atoms with Crippen LogP contribution in [0.2, 0.25) is 0 Å². The molecule has 0 radical (unpaired) electrons. The molecule has 0 aliphatic carbocycles. The Hall–Kier alpha value is -1.04. The Balaban J connectivity index is 3.79. The van der Waals surface area contributed by atoms with E-state index < -0.39 is 5.97 Å². The number of hydrogen-bond acceptors (Lipinski definition) is 1. The first-order valence-corrected chi connectivity index (χ1v) is 3.64. The Morgan fingerprint density at radius 2 is 2.18 bits per heavy atom. The van der Waals surface area contributed by atoms with Gasteiger partial charge in [0.1, 0.15) is 6.42 Å². The average molecular weight is 155 g/mol. The van der Waals surface area contributed by atoms with Crippen molar-refractivity contribution in [3.8, 4) is 0 Å². The number of carbonyl (C=O) groups is 1. The SMILES string of the molecule is [C-]#[N+][C@@H](CC(=O)O)CC(C)C. The maximum atomic E-state index is 10.2.